The monoisotopic (exact) mass is 204 g/mol. The number of ether oxygens (including phenoxy) is 1. The Morgan fingerprint density at radius 3 is 2.67 bits per heavy atom. The molecule has 0 aliphatic heterocycles. The summed E-state index contributed by atoms with van der Waals surface area (Å²) in [5.41, 5.74) is 1.18. The first-order chi connectivity index (χ1) is 7.24. The topological polar surface area (TPSA) is 26.3 Å². The number of benzene rings is 1. The van der Waals surface area contributed by atoms with Gasteiger partial charge in [-0.2, -0.15) is 0 Å². The lowest BCUT2D eigenvalue weighted by Gasteiger charge is -2.17. The molecule has 15 heavy (non-hydrogen) atoms. The normalized spacial score (nSPS) is 25.6. The number of carbonyl (C=O) groups is 1. The molecule has 2 unspecified atom stereocenters. The molecule has 0 radical (unpaired) electrons. The lowest BCUT2D eigenvalue weighted by molar-refractivity contribution is -0.120. The van der Waals surface area contributed by atoms with Gasteiger partial charge in [-0.25, -0.2) is 0 Å². The Morgan fingerprint density at radius 1 is 1.33 bits per heavy atom. The first kappa shape index (κ1) is 10.2. The van der Waals surface area contributed by atoms with Gasteiger partial charge in [0, 0.05) is 12.3 Å². The van der Waals surface area contributed by atoms with Gasteiger partial charge in [0.25, 0.3) is 0 Å². The molecule has 0 aromatic heterocycles. The Morgan fingerprint density at radius 2 is 2.07 bits per heavy atom. The third kappa shape index (κ3) is 1.76. The Bertz CT molecular complexity index is 371. The van der Waals surface area contributed by atoms with Crippen molar-refractivity contribution in [3.05, 3.63) is 29.8 Å². The summed E-state index contributed by atoms with van der Waals surface area (Å²) >= 11 is 0. The van der Waals surface area contributed by atoms with Crippen LogP contribution in [-0.2, 0) is 4.79 Å². The second-order valence-corrected chi connectivity index (χ2v) is 4.14. The molecule has 0 heterocycles. The summed E-state index contributed by atoms with van der Waals surface area (Å²) < 4.78 is 5.33. The molecule has 0 N–H and O–H groups in total. The number of Topliss-reactive ketones (excluding diaryl/α,β-unsaturated/α-hetero) is 1. The molecule has 1 aromatic carbocycles. The lowest BCUT2D eigenvalue weighted by Crippen LogP contribution is -2.09. The van der Waals surface area contributed by atoms with Crippen molar-refractivity contribution in [1.29, 1.82) is 0 Å². The van der Waals surface area contributed by atoms with Gasteiger partial charge in [0.15, 0.2) is 0 Å². The van der Waals surface area contributed by atoms with Crippen LogP contribution in [0, 0.1) is 5.92 Å². The van der Waals surface area contributed by atoms with Gasteiger partial charge >= 0.3 is 0 Å². The molecule has 1 saturated carbocycles. The highest BCUT2D eigenvalue weighted by Crippen LogP contribution is 2.40. The van der Waals surface area contributed by atoms with Gasteiger partial charge in [-0.15, -0.1) is 0 Å². The fourth-order valence-corrected chi connectivity index (χ4v) is 2.40. The minimum Gasteiger partial charge on any atom is -0.496 e. The lowest BCUT2D eigenvalue weighted by atomic mass is 9.89. The van der Waals surface area contributed by atoms with Crippen molar-refractivity contribution in [1.82, 2.24) is 0 Å². The SMILES string of the molecule is COc1ccccc1C1CCC(=O)C1C. The van der Waals surface area contributed by atoms with Gasteiger partial charge in [0.05, 0.1) is 7.11 Å². The summed E-state index contributed by atoms with van der Waals surface area (Å²) in [5, 5.41) is 0. The van der Waals surface area contributed by atoms with Gasteiger partial charge in [-0.3, -0.25) is 4.79 Å². The van der Waals surface area contributed by atoms with E-state index in [2.05, 4.69) is 6.07 Å². The van der Waals surface area contributed by atoms with E-state index in [-0.39, 0.29) is 5.92 Å². The van der Waals surface area contributed by atoms with Crippen LogP contribution in [0.2, 0.25) is 0 Å². The average Bonchev–Trinajstić information content (AvgIpc) is 2.60. The number of hydrogen-bond donors (Lipinski definition) is 0. The molecule has 2 nitrogen and oxygen atoms in total. The summed E-state index contributed by atoms with van der Waals surface area (Å²) in [4.78, 5) is 11.5. The smallest absolute Gasteiger partial charge is 0.136 e. The zero-order chi connectivity index (χ0) is 10.8. The number of rotatable bonds is 2. The van der Waals surface area contributed by atoms with E-state index in [4.69, 9.17) is 4.74 Å². The summed E-state index contributed by atoms with van der Waals surface area (Å²) in [5.74, 6) is 1.77. The third-order valence-corrected chi connectivity index (χ3v) is 3.35. The van der Waals surface area contributed by atoms with Crippen molar-refractivity contribution >= 4 is 5.78 Å². The van der Waals surface area contributed by atoms with Crippen LogP contribution in [0.5, 0.6) is 5.75 Å². The number of hydrogen-bond acceptors (Lipinski definition) is 2. The van der Waals surface area contributed by atoms with Crippen LogP contribution in [0.1, 0.15) is 31.2 Å². The fourth-order valence-electron chi connectivity index (χ4n) is 2.40. The van der Waals surface area contributed by atoms with Gasteiger partial charge < -0.3 is 4.74 Å². The number of methoxy groups -OCH3 is 1. The quantitative estimate of drug-likeness (QED) is 0.740. The highest BCUT2D eigenvalue weighted by molar-refractivity contribution is 5.84. The van der Waals surface area contributed by atoms with Gasteiger partial charge in [-0.1, -0.05) is 25.1 Å². The van der Waals surface area contributed by atoms with Crippen LogP contribution in [0.25, 0.3) is 0 Å². The highest BCUT2D eigenvalue weighted by atomic mass is 16.5. The van der Waals surface area contributed by atoms with E-state index in [1.54, 1.807) is 7.11 Å². The van der Waals surface area contributed by atoms with Crippen molar-refractivity contribution < 1.29 is 9.53 Å². The molecule has 1 aromatic rings. The molecule has 2 rings (SSSR count). The second-order valence-electron chi connectivity index (χ2n) is 4.14. The van der Waals surface area contributed by atoms with Crippen LogP contribution in [0.15, 0.2) is 24.3 Å². The Labute approximate surface area is 90.3 Å². The molecule has 0 amide bonds. The van der Waals surface area contributed by atoms with E-state index < -0.39 is 0 Å². The zero-order valence-corrected chi connectivity index (χ0v) is 9.19. The maximum Gasteiger partial charge on any atom is 0.136 e. The van der Waals surface area contributed by atoms with Crippen molar-refractivity contribution in [2.45, 2.75) is 25.7 Å². The average molecular weight is 204 g/mol. The predicted octanol–water partition coefficient (Wildman–Crippen LogP) is 2.78. The number of ketones is 1. The van der Waals surface area contributed by atoms with E-state index in [1.807, 2.05) is 25.1 Å². The molecule has 80 valence electrons. The van der Waals surface area contributed by atoms with Crippen LogP contribution in [0.3, 0.4) is 0 Å². The molecule has 2 atom stereocenters. The van der Waals surface area contributed by atoms with E-state index >= 15 is 0 Å². The summed E-state index contributed by atoms with van der Waals surface area (Å²) in [7, 11) is 1.68. The summed E-state index contributed by atoms with van der Waals surface area (Å²) in [6.45, 7) is 2.02. The van der Waals surface area contributed by atoms with Crippen LogP contribution in [-0.4, -0.2) is 12.9 Å². The molecule has 2 heteroatoms. The maximum absolute atomic E-state index is 11.5. The molecule has 1 fully saturated rings. The predicted molar refractivity (Wildman–Crippen MR) is 59.1 cm³/mol. The summed E-state index contributed by atoms with van der Waals surface area (Å²) in [6, 6.07) is 8.00. The van der Waals surface area contributed by atoms with Crippen LogP contribution < -0.4 is 4.74 Å². The third-order valence-electron chi connectivity index (χ3n) is 3.35. The minimum atomic E-state index is 0.140. The van der Waals surface area contributed by atoms with Crippen molar-refractivity contribution in [3.8, 4) is 5.75 Å². The van der Waals surface area contributed by atoms with E-state index in [9.17, 15) is 4.79 Å². The Hall–Kier alpha value is -1.31. The highest BCUT2D eigenvalue weighted by Gasteiger charge is 2.33. The molecule has 1 aliphatic carbocycles. The first-order valence-electron chi connectivity index (χ1n) is 5.39. The Kier molecular flexibility index (Phi) is 2.76. The largest absolute Gasteiger partial charge is 0.496 e. The van der Waals surface area contributed by atoms with E-state index in [0.29, 0.717) is 18.1 Å². The molecule has 0 saturated heterocycles. The number of carbonyl (C=O) groups excluding carboxylic acids is 1. The molecule has 1 aliphatic rings. The molecule has 0 bridgehead atoms. The van der Waals surface area contributed by atoms with Gasteiger partial charge in [0.2, 0.25) is 0 Å². The van der Waals surface area contributed by atoms with Crippen molar-refractivity contribution in [2.75, 3.05) is 7.11 Å². The van der Waals surface area contributed by atoms with Crippen molar-refractivity contribution in [3.63, 3.8) is 0 Å². The molecular weight excluding hydrogens is 188 g/mol. The standard InChI is InChI=1S/C13H16O2/c1-9-10(7-8-12(9)14)11-5-3-4-6-13(11)15-2/h3-6,9-10H,7-8H2,1-2H3. The maximum atomic E-state index is 11.5. The zero-order valence-electron chi connectivity index (χ0n) is 9.19. The molecule has 0 spiro atoms. The Balaban J connectivity index is 2.33. The van der Waals surface area contributed by atoms with Crippen LogP contribution >= 0.6 is 0 Å². The summed E-state index contributed by atoms with van der Waals surface area (Å²) in [6.07, 6.45) is 1.67. The van der Waals surface area contributed by atoms with Crippen molar-refractivity contribution in [2.24, 2.45) is 5.92 Å². The van der Waals surface area contributed by atoms with Crippen LogP contribution in [0.4, 0.5) is 0 Å². The van der Waals surface area contributed by atoms with E-state index in [1.165, 1.54) is 5.56 Å². The van der Waals surface area contributed by atoms with Gasteiger partial charge in [-0.05, 0) is 24.0 Å². The first-order valence-corrected chi connectivity index (χ1v) is 5.39. The minimum absolute atomic E-state index is 0.140. The van der Waals surface area contributed by atoms with E-state index in [0.717, 1.165) is 12.2 Å². The van der Waals surface area contributed by atoms with Gasteiger partial charge in [0.1, 0.15) is 11.5 Å². The molecular formula is C13H16O2. The second kappa shape index (κ2) is 4.05. The number of para-hydroxylation sites is 1. The fraction of sp³-hybridized carbons (Fsp3) is 0.462.